The first-order valence-electron chi connectivity index (χ1n) is 7.67. The highest BCUT2D eigenvalue weighted by Gasteiger charge is 1.91. The van der Waals surface area contributed by atoms with E-state index in [9.17, 15) is 0 Å². The molecular weight excluding hydrogens is 292 g/mol. The maximum atomic E-state index is 5.14. The first-order valence-corrected chi connectivity index (χ1v) is 7.67. The van der Waals surface area contributed by atoms with E-state index in [1.165, 1.54) is 0 Å². The van der Waals surface area contributed by atoms with Gasteiger partial charge in [-0.2, -0.15) is 0 Å². The lowest BCUT2D eigenvalue weighted by Gasteiger charge is -1.97. The summed E-state index contributed by atoms with van der Waals surface area (Å²) >= 11 is 0. The summed E-state index contributed by atoms with van der Waals surface area (Å²) in [4.78, 5) is 0. The van der Waals surface area contributed by atoms with Crippen LogP contribution in [0.4, 0.5) is 0 Å². The van der Waals surface area contributed by atoms with Crippen molar-refractivity contribution in [3.8, 4) is 29.4 Å². The Labute approximate surface area is 142 Å². The number of rotatable bonds is 1. The Morgan fingerprint density at radius 2 is 0.875 bits per heavy atom. The smallest absolute Gasteiger partial charge is 0.118 e. The first-order chi connectivity index (χ1) is 11.8. The minimum Gasteiger partial charge on any atom is -0.497 e. The zero-order chi connectivity index (χ0) is 16.6. The lowest BCUT2D eigenvalue weighted by molar-refractivity contribution is 0.415. The number of ether oxygens (including phenoxy) is 1. The summed E-state index contributed by atoms with van der Waals surface area (Å²) in [5.41, 5.74) is 3.93. The molecule has 0 aliphatic carbocycles. The van der Waals surface area contributed by atoms with E-state index in [0.29, 0.717) is 0 Å². The van der Waals surface area contributed by atoms with Gasteiger partial charge in [0.05, 0.1) is 7.11 Å². The molecule has 0 aliphatic rings. The average molecular weight is 308 g/mol. The fraction of sp³-hybridized carbons (Fsp3) is 0.0435. The number of hydrogen-bond donors (Lipinski definition) is 0. The van der Waals surface area contributed by atoms with Gasteiger partial charge in [-0.1, -0.05) is 41.9 Å². The van der Waals surface area contributed by atoms with Crippen LogP contribution in [0, 0.1) is 23.7 Å². The molecule has 3 aromatic rings. The van der Waals surface area contributed by atoms with Crippen LogP contribution in [0.3, 0.4) is 0 Å². The standard InChI is InChI=1S/C23H16O/c1-24-23-17-15-22(16-18-23)14-13-21-11-9-20(10-12-21)8-7-19-5-3-2-4-6-19/h2-6,9-12,15-18H,1H3. The van der Waals surface area contributed by atoms with E-state index in [-0.39, 0.29) is 0 Å². The van der Waals surface area contributed by atoms with Crippen LogP contribution in [0.5, 0.6) is 5.75 Å². The maximum absolute atomic E-state index is 5.14. The van der Waals surface area contributed by atoms with Gasteiger partial charge in [0.1, 0.15) is 5.75 Å². The highest BCUT2D eigenvalue weighted by atomic mass is 16.5. The summed E-state index contributed by atoms with van der Waals surface area (Å²) in [7, 11) is 1.66. The van der Waals surface area contributed by atoms with Crippen molar-refractivity contribution in [3.05, 3.63) is 101 Å². The SMILES string of the molecule is COc1ccc(C#Cc2ccc(C#Cc3ccccc3)cc2)cc1. The van der Waals surface area contributed by atoms with Crippen molar-refractivity contribution in [2.45, 2.75) is 0 Å². The molecule has 0 heterocycles. The number of methoxy groups -OCH3 is 1. The molecule has 0 unspecified atom stereocenters. The van der Waals surface area contributed by atoms with Gasteiger partial charge in [0.25, 0.3) is 0 Å². The minimum atomic E-state index is 0.835. The molecule has 0 fully saturated rings. The molecule has 0 aromatic heterocycles. The van der Waals surface area contributed by atoms with E-state index in [1.54, 1.807) is 7.11 Å². The van der Waals surface area contributed by atoms with Crippen molar-refractivity contribution in [2.24, 2.45) is 0 Å². The molecule has 0 aliphatic heterocycles. The molecule has 0 atom stereocenters. The lowest BCUT2D eigenvalue weighted by Crippen LogP contribution is -1.82. The monoisotopic (exact) mass is 308 g/mol. The zero-order valence-electron chi connectivity index (χ0n) is 13.4. The van der Waals surface area contributed by atoms with Crippen molar-refractivity contribution in [3.63, 3.8) is 0 Å². The second-order valence-electron chi connectivity index (χ2n) is 5.17. The quantitative estimate of drug-likeness (QED) is 0.602. The molecule has 0 spiro atoms. The van der Waals surface area contributed by atoms with E-state index in [0.717, 1.165) is 28.0 Å². The molecule has 114 valence electrons. The Morgan fingerprint density at radius 3 is 1.29 bits per heavy atom. The molecule has 0 saturated heterocycles. The van der Waals surface area contributed by atoms with Crippen molar-refractivity contribution in [1.29, 1.82) is 0 Å². The van der Waals surface area contributed by atoms with Crippen LogP contribution in [-0.4, -0.2) is 7.11 Å². The summed E-state index contributed by atoms with van der Waals surface area (Å²) in [5.74, 6) is 13.5. The molecule has 3 rings (SSSR count). The summed E-state index contributed by atoms with van der Waals surface area (Å²) in [6.07, 6.45) is 0. The molecule has 0 saturated carbocycles. The summed E-state index contributed by atoms with van der Waals surface area (Å²) < 4.78 is 5.14. The normalized spacial score (nSPS) is 9.21. The van der Waals surface area contributed by atoms with Gasteiger partial charge in [0.15, 0.2) is 0 Å². The minimum absolute atomic E-state index is 0.835. The van der Waals surface area contributed by atoms with Gasteiger partial charge in [-0.3, -0.25) is 0 Å². The highest BCUT2D eigenvalue weighted by molar-refractivity contribution is 5.48. The van der Waals surface area contributed by atoms with E-state index in [2.05, 4.69) is 23.7 Å². The second-order valence-corrected chi connectivity index (χ2v) is 5.17. The average Bonchev–Trinajstić information content (AvgIpc) is 2.67. The maximum Gasteiger partial charge on any atom is 0.118 e. The van der Waals surface area contributed by atoms with Gasteiger partial charge in [0.2, 0.25) is 0 Å². The Morgan fingerprint density at radius 1 is 0.500 bits per heavy atom. The van der Waals surface area contributed by atoms with Crippen LogP contribution in [0.2, 0.25) is 0 Å². The van der Waals surface area contributed by atoms with Crippen LogP contribution in [-0.2, 0) is 0 Å². The van der Waals surface area contributed by atoms with E-state index in [4.69, 9.17) is 4.74 Å². The highest BCUT2D eigenvalue weighted by Crippen LogP contribution is 2.10. The third kappa shape index (κ3) is 4.29. The third-order valence-electron chi connectivity index (χ3n) is 3.45. The van der Waals surface area contributed by atoms with Crippen LogP contribution in [0.1, 0.15) is 22.3 Å². The second kappa shape index (κ2) is 7.73. The van der Waals surface area contributed by atoms with Crippen molar-refractivity contribution < 1.29 is 4.74 Å². The van der Waals surface area contributed by atoms with E-state index >= 15 is 0 Å². The molecule has 3 aromatic carbocycles. The first kappa shape index (κ1) is 15.5. The fourth-order valence-corrected chi connectivity index (χ4v) is 2.12. The van der Waals surface area contributed by atoms with E-state index in [1.807, 2.05) is 78.9 Å². The topological polar surface area (TPSA) is 9.23 Å². The molecule has 0 N–H and O–H groups in total. The van der Waals surface area contributed by atoms with Gasteiger partial charge >= 0.3 is 0 Å². The van der Waals surface area contributed by atoms with Gasteiger partial charge in [0, 0.05) is 22.3 Å². The van der Waals surface area contributed by atoms with Crippen LogP contribution in [0.15, 0.2) is 78.9 Å². The van der Waals surface area contributed by atoms with Crippen LogP contribution < -0.4 is 4.74 Å². The van der Waals surface area contributed by atoms with Crippen LogP contribution in [0.25, 0.3) is 0 Å². The van der Waals surface area contributed by atoms with Crippen LogP contribution >= 0.6 is 0 Å². The predicted octanol–water partition coefficient (Wildman–Crippen LogP) is 4.49. The largest absolute Gasteiger partial charge is 0.497 e. The van der Waals surface area contributed by atoms with E-state index < -0.39 is 0 Å². The summed E-state index contributed by atoms with van der Waals surface area (Å²) in [5, 5.41) is 0. The lowest BCUT2D eigenvalue weighted by atomic mass is 10.1. The fourth-order valence-electron chi connectivity index (χ4n) is 2.12. The molecule has 24 heavy (non-hydrogen) atoms. The van der Waals surface area contributed by atoms with Gasteiger partial charge in [-0.05, 0) is 60.7 Å². The molecule has 0 amide bonds. The Kier molecular flexibility index (Phi) is 4.98. The third-order valence-corrected chi connectivity index (χ3v) is 3.45. The van der Waals surface area contributed by atoms with Crippen molar-refractivity contribution >= 4 is 0 Å². The Bertz CT molecular complexity index is 913. The number of hydrogen-bond acceptors (Lipinski definition) is 1. The van der Waals surface area contributed by atoms with Gasteiger partial charge < -0.3 is 4.74 Å². The molecule has 1 heteroatoms. The summed E-state index contributed by atoms with van der Waals surface area (Å²) in [6, 6.07) is 25.7. The van der Waals surface area contributed by atoms with Crippen molar-refractivity contribution in [1.82, 2.24) is 0 Å². The molecule has 0 radical (unpaired) electrons. The molecule has 0 bridgehead atoms. The molecular formula is C23H16O. The Hall–Kier alpha value is -3.42. The van der Waals surface area contributed by atoms with Gasteiger partial charge in [-0.15, -0.1) is 0 Å². The summed E-state index contributed by atoms with van der Waals surface area (Å²) in [6.45, 7) is 0. The zero-order valence-corrected chi connectivity index (χ0v) is 13.4. The van der Waals surface area contributed by atoms with Gasteiger partial charge in [-0.25, -0.2) is 0 Å². The predicted molar refractivity (Wildman–Crippen MR) is 97.8 cm³/mol. The Balaban J connectivity index is 1.71. The molecule has 1 nitrogen and oxygen atoms in total. The number of benzene rings is 3. The van der Waals surface area contributed by atoms with Crippen molar-refractivity contribution in [2.75, 3.05) is 7.11 Å².